The second kappa shape index (κ2) is 17.3. The summed E-state index contributed by atoms with van der Waals surface area (Å²) in [6, 6.07) is 12.6. The van der Waals surface area contributed by atoms with Gasteiger partial charge < -0.3 is 19.6 Å². The monoisotopic (exact) mass is 821 g/mol. The molecule has 0 spiro atoms. The van der Waals surface area contributed by atoms with Crippen LogP contribution in [0.15, 0.2) is 59.1 Å². The van der Waals surface area contributed by atoms with Crippen LogP contribution in [0.5, 0.6) is 0 Å². The molecule has 0 unspecified atom stereocenters. The molecule has 2 aliphatic rings. The summed E-state index contributed by atoms with van der Waals surface area (Å²) in [5.74, 6) is -0.142. The first kappa shape index (κ1) is 43.2. The third-order valence-electron chi connectivity index (χ3n) is 10.2. The van der Waals surface area contributed by atoms with Gasteiger partial charge >= 0.3 is 12.2 Å². The summed E-state index contributed by atoms with van der Waals surface area (Å²) in [4.78, 5) is 56.2. The average Bonchev–Trinajstić information content (AvgIpc) is 3.60. The number of imide groups is 1. The number of anilines is 3. The van der Waals surface area contributed by atoms with Crippen LogP contribution < -0.4 is 20.0 Å². The van der Waals surface area contributed by atoms with Crippen LogP contribution in [-0.2, 0) is 21.5 Å². The zero-order valence-electron chi connectivity index (χ0n) is 33.1. The molecule has 0 radical (unpaired) electrons. The van der Waals surface area contributed by atoms with Gasteiger partial charge in [0.15, 0.2) is 0 Å². The normalized spacial score (nSPS) is 15.3. The van der Waals surface area contributed by atoms with Crippen molar-refractivity contribution in [2.45, 2.75) is 59.0 Å². The number of piperazine rings is 1. The number of nitrogens with zero attached hydrogens (tertiary/aromatic N) is 6. The molecule has 1 aromatic heterocycles. The number of aryl methyl sites for hydroxylation is 3. The molecule has 0 saturated carbocycles. The highest BCUT2D eigenvalue weighted by Gasteiger charge is 2.53. The van der Waals surface area contributed by atoms with E-state index in [1.807, 2.05) is 18.7 Å². The van der Waals surface area contributed by atoms with Crippen molar-refractivity contribution in [3.63, 3.8) is 0 Å². The lowest BCUT2D eigenvalue weighted by atomic mass is 10.0. The van der Waals surface area contributed by atoms with Crippen LogP contribution in [0.3, 0.4) is 0 Å². The van der Waals surface area contributed by atoms with E-state index in [0.29, 0.717) is 16.7 Å². The summed E-state index contributed by atoms with van der Waals surface area (Å²) in [6.45, 7) is 14.3. The van der Waals surface area contributed by atoms with E-state index in [9.17, 15) is 36.7 Å². The Balaban J connectivity index is 0.000000226. The van der Waals surface area contributed by atoms with Crippen molar-refractivity contribution in [1.29, 1.82) is 5.26 Å². The maximum atomic E-state index is 14.5. The van der Waals surface area contributed by atoms with Gasteiger partial charge in [-0.05, 0) is 95.1 Å². The van der Waals surface area contributed by atoms with E-state index in [0.717, 1.165) is 78.1 Å². The maximum absolute atomic E-state index is 14.5. The third-order valence-corrected chi connectivity index (χ3v) is 11.2. The van der Waals surface area contributed by atoms with Gasteiger partial charge in [0.05, 0.1) is 39.9 Å². The van der Waals surface area contributed by atoms with Gasteiger partial charge in [-0.2, -0.15) is 18.4 Å². The molecule has 0 bridgehead atoms. The van der Waals surface area contributed by atoms with Crippen molar-refractivity contribution in [2.24, 2.45) is 0 Å². The summed E-state index contributed by atoms with van der Waals surface area (Å²) in [5.41, 5.74) is 1.71. The number of rotatable bonds is 8. The van der Waals surface area contributed by atoms with Gasteiger partial charge in [-0.3, -0.25) is 19.3 Å². The highest BCUT2D eigenvalue weighted by Crippen LogP contribution is 2.40. The van der Waals surface area contributed by atoms with Gasteiger partial charge in [0.1, 0.15) is 17.1 Å². The fourth-order valence-electron chi connectivity index (χ4n) is 6.74. The number of carbonyl (C=O) groups is 4. The van der Waals surface area contributed by atoms with Crippen LogP contribution in [0.2, 0.25) is 0 Å². The van der Waals surface area contributed by atoms with E-state index >= 15 is 0 Å². The van der Waals surface area contributed by atoms with Crippen LogP contribution in [-0.4, -0.2) is 78.3 Å². The second-order valence-corrected chi connectivity index (χ2v) is 15.3. The average molecular weight is 822 g/mol. The molecule has 2 saturated heterocycles. The van der Waals surface area contributed by atoms with Crippen LogP contribution >= 0.6 is 11.8 Å². The zero-order valence-corrected chi connectivity index (χ0v) is 33.9. The van der Waals surface area contributed by atoms with Crippen molar-refractivity contribution in [2.75, 3.05) is 53.7 Å². The molecule has 3 heterocycles. The Hall–Kier alpha value is -5.89. The van der Waals surface area contributed by atoms with E-state index in [1.165, 1.54) is 49.8 Å². The van der Waals surface area contributed by atoms with Gasteiger partial charge in [-0.25, -0.2) is 14.1 Å². The summed E-state index contributed by atoms with van der Waals surface area (Å²) in [6.07, 6.45) is -4.89. The predicted molar refractivity (Wildman–Crippen MR) is 212 cm³/mol. The molecule has 6 rings (SSSR count). The highest BCUT2D eigenvalue weighted by molar-refractivity contribution is 7.99. The van der Waals surface area contributed by atoms with Gasteiger partial charge in [-0.15, -0.1) is 11.8 Å². The zero-order chi connectivity index (χ0) is 42.7. The van der Waals surface area contributed by atoms with E-state index in [1.54, 1.807) is 11.8 Å². The number of hydrogen-bond donors (Lipinski definition) is 1. The number of halogens is 4. The third kappa shape index (κ3) is 8.81. The lowest BCUT2D eigenvalue weighted by Gasteiger charge is -2.37. The Bertz CT molecular complexity index is 2260. The Kier molecular flexibility index (Phi) is 12.9. The molecule has 17 heteroatoms. The second-order valence-electron chi connectivity index (χ2n) is 14.3. The molecule has 0 atom stereocenters. The number of aromatic nitrogens is 1. The van der Waals surface area contributed by atoms with E-state index in [2.05, 4.69) is 47.4 Å². The Labute approximate surface area is 337 Å². The standard InChI is InChI=1S/C21H16F4N4O3.C20H27N3O2S/c1-20(2)18(31)28(12-5-4-11(10-26)15(8-12)21(23,24)25)19(32)29(20)13-6-7-14(16(22)9-13)17(30)27-3;1-14-6-5-7-19(15(14)2)22-8-10-23(11-9-22)20(24)13-26-12-18-16(3)21-25-17(18)4/h4-9H,1-3H3,(H,27,30);5-7H,8-13H2,1-4H3. The predicted octanol–water partition coefficient (Wildman–Crippen LogP) is 7.32. The smallest absolute Gasteiger partial charge is 0.368 e. The van der Waals surface area contributed by atoms with Crippen molar-refractivity contribution in [3.05, 3.63) is 105 Å². The number of carbonyl (C=O) groups excluding carboxylic acids is 4. The Morgan fingerprint density at radius 3 is 2.24 bits per heavy atom. The molecule has 12 nitrogen and oxygen atoms in total. The van der Waals surface area contributed by atoms with Crippen molar-refractivity contribution in [1.82, 2.24) is 15.4 Å². The highest BCUT2D eigenvalue weighted by atomic mass is 32.2. The van der Waals surface area contributed by atoms with E-state index in [4.69, 9.17) is 9.78 Å². The van der Waals surface area contributed by atoms with E-state index in [-0.39, 0.29) is 22.8 Å². The maximum Gasteiger partial charge on any atom is 0.417 e. The molecule has 0 aliphatic carbocycles. The number of nitrogens with one attached hydrogen (secondary N) is 1. The number of thioether (sulfide) groups is 1. The number of amides is 5. The molecular formula is C41H43F4N7O5S. The molecule has 306 valence electrons. The minimum Gasteiger partial charge on any atom is -0.368 e. The van der Waals surface area contributed by atoms with Crippen molar-refractivity contribution >= 4 is 52.6 Å². The fourth-order valence-corrected chi connectivity index (χ4v) is 7.81. The first-order chi connectivity index (χ1) is 27.3. The lowest BCUT2D eigenvalue weighted by Crippen LogP contribution is -2.49. The fraction of sp³-hybridized carbons (Fsp3) is 0.366. The molecule has 4 aromatic rings. The lowest BCUT2D eigenvalue weighted by molar-refractivity contribution is -0.137. The van der Waals surface area contributed by atoms with Gasteiger partial charge in [-0.1, -0.05) is 17.3 Å². The number of hydrogen-bond acceptors (Lipinski definition) is 9. The van der Waals surface area contributed by atoms with Crippen molar-refractivity contribution < 1.29 is 41.3 Å². The summed E-state index contributed by atoms with van der Waals surface area (Å²) < 4.78 is 59.7. The van der Waals surface area contributed by atoms with Crippen LogP contribution in [0.25, 0.3) is 0 Å². The van der Waals surface area contributed by atoms with Gasteiger partial charge in [0.2, 0.25) is 5.91 Å². The molecule has 2 fully saturated rings. The van der Waals surface area contributed by atoms with E-state index < -0.39 is 46.5 Å². The first-order valence-corrected chi connectivity index (χ1v) is 19.4. The first-order valence-electron chi connectivity index (χ1n) is 18.2. The molecular weight excluding hydrogens is 779 g/mol. The molecule has 3 aromatic carbocycles. The largest absolute Gasteiger partial charge is 0.417 e. The van der Waals surface area contributed by atoms with Crippen LogP contribution in [0.4, 0.5) is 39.4 Å². The van der Waals surface area contributed by atoms with Crippen LogP contribution in [0.1, 0.15) is 63.5 Å². The molecule has 58 heavy (non-hydrogen) atoms. The van der Waals surface area contributed by atoms with Gasteiger partial charge in [0.25, 0.3) is 11.8 Å². The minimum atomic E-state index is -4.89. The number of nitriles is 1. The number of benzene rings is 3. The van der Waals surface area contributed by atoms with Crippen molar-refractivity contribution in [3.8, 4) is 6.07 Å². The topological polar surface area (TPSA) is 143 Å². The quantitative estimate of drug-likeness (QED) is 0.143. The summed E-state index contributed by atoms with van der Waals surface area (Å²) >= 11 is 1.64. The molecule has 2 aliphatic heterocycles. The number of urea groups is 1. The van der Waals surface area contributed by atoms with Crippen LogP contribution in [0, 0.1) is 44.8 Å². The SMILES string of the molecule is CNC(=O)c1ccc(N2C(=O)N(c3ccc(C#N)c(C(F)(F)F)c3)C(=O)C2(C)C)cc1F.Cc1cccc(N2CCN(C(=O)CSCc3c(C)noc3C)CC2)c1C. The minimum absolute atomic E-state index is 0.0642. The molecule has 5 amide bonds. The van der Waals surface area contributed by atoms with Gasteiger partial charge in [0, 0.05) is 55.9 Å². The Morgan fingerprint density at radius 1 is 0.983 bits per heavy atom. The molecule has 1 N–H and O–H groups in total. The number of alkyl halides is 3. The Morgan fingerprint density at radius 2 is 1.66 bits per heavy atom. The summed E-state index contributed by atoms with van der Waals surface area (Å²) in [5, 5.41) is 15.2. The summed E-state index contributed by atoms with van der Waals surface area (Å²) in [7, 11) is 1.31.